The van der Waals surface area contributed by atoms with Gasteiger partial charge >= 0.3 is 0 Å². The Morgan fingerprint density at radius 2 is 1.87 bits per heavy atom. The minimum absolute atomic E-state index is 0.0847. The smallest absolute Gasteiger partial charge is 0.264 e. The van der Waals surface area contributed by atoms with Gasteiger partial charge in [-0.2, -0.15) is 0 Å². The monoisotopic (exact) mass is 457 g/mol. The number of thioether (sulfide) groups is 1. The zero-order valence-corrected chi connectivity index (χ0v) is 18.8. The average molecular weight is 458 g/mol. The van der Waals surface area contributed by atoms with Crippen LogP contribution in [0.4, 0.5) is 10.8 Å². The first kappa shape index (κ1) is 22.6. The highest BCUT2D eigenvalue weighted by Crippen LogP contribution is 2.20. The summed E-state index contributed by atoms with van der Waals surface area (Å²) in [5.74, 6) is 1.90. The molecule has 3 rings (SSSR count). The molecule has 2 aromatic carbocycles. The van der Waals surface area contributed by atoms with Gasteiger partial charge in [-0.25, -0.2) is 4.98 Å². The summed E-state index contributed by atoms with van der Waals surface area (Å²) < 4.78 is 10.6. The lowest BCUT2D eigenvalue weighted by atomic mass is 10.2. The molecule has 0 aliphatic heterocycles. The van der Waals surface area contributed by atoms with E-state index in [-0.39, 0.29) is 18.4 Å². The number of aromatic nitrogens is 1. The van der Waals surface area contributed by atoms with E-state index in [0.29, 0.717) is 22.4 Å². The van der Waals surface area contributed by atoms with Gasteiger partial charge in [-0.1, -0.05) is 12.1 Å². The summed E-state index contributed by atoms with van der Waals surface area (Å²) in [7, 11) is 1.60. The molecule has 2 N–H and O–H groups in total. The van der Waals surface area contributed by atoms with E-state index in [9.17, 15) is 9.59 Å². The van der Waals surface area contributed by atoms with Gasteiger partial charge < -0.3 is 14.8 Å². The van der Waals surface area contributed by atoms with Gasteiger partial charge in [0, 0.05) is 16.8 Å². The molecule has 2 amide bonds. The van der Waals surface area contributed by atoms with Crippen LogP contribution in [0.5, 0.6) is 11.5 Å². The van der Waals surface area contributed by atoms with Crippen molar-refractivity contribution in [1.29, 1.82) is 0 Å². The number of rotatable bonds is 10. The van der Waals surface area contributed by atoms with Gasteiger partial charge in [0.05, 0.1) is 18.6 Å². The molecule has 162 valence electrons. The van der Waals surface area contributed by atoms with E-state index in [1.54, 1.807) is 31.4 Å². The second kappa shape index (κ2) is 11.4. The Balaban J connectivity index is 1.37. The Morgan fingerprint density at radius 1 is 1.06 bits per heavy atom. The number of benzene rings is 2. The Hall–Kier alpha value is -3.04. The molecule has 7 nitrogen and oxygen atoms in total. The molecule has 0 saturated carbocycles. The molecule has 0 bridgehead atoms. The second-order valence-corrected chi connectivity index (χ2v) is 8.41. The average Bonchev–Trinajstić information content (AvgIpc) is 3.20. The molecule has 0 aliphatic carbocycles. The van der Waals surface area contributed by atoms with Gasteiger partial charge in [0.15, 0.2) is 11.7 Å². The molecular weight excluding hydrogens is 434 g/mol. The highest BCUT2D eigenvalue weighted by Gasteiger charge is 2.09. The third kappa shape index (κ3) is 7.62. The summed E-state index contributed by atoms with van der Waals surface area (Å²) in [4.78, 5) is 28.5. The number of carbonyl (C=O) groups is 2. The minimum Gasteiger partial charge on any atom is -0.497 e. The SMILES string of the molecule is COc1ccc(NC(=O)CSCc2csc(NC(=O)COc3cccc(C)c3)n2)cc1. The van der Waals surface area contributed by atoms with Crippen LogP contribution in [0.2, 0.25) is 0 Å². The molecule has 0 fully saturated rings. The first-order chi connectivity index (χ1) is 15.0. The van der Waals surface area contributed by atoms with Gasteiger partial charge in [0.25, 0.3) is 5.91 Å². The molecule has 1 aromatic heterocycles. The first-order valence-electron chi connectivity index (χ1n) is 9.47. The summed E-state index contributed by atoms with van der Waals surface area (Å²) >= 11 is 2.80. The van der Waals surface area contributed by atoms with Crippen LogP contribution in [0.25, 0.3) is 0 Å². The fourth-order valence-corrected chi connectivity index (χ4v) is 4.11. The van der Waals surface area contributed by atoms with E-state index in [1.807, 2.05) is 36.6 Å². The van der Waals surface area contributed by atoms with Crippen LogP contribution in [0, 0.1) is 6.92 Å². The van der Waals surface area contributed by atoms with Crippen molar-refractivity contribution in [1.82, 2.24) is 4.98 Å². The number of ether oxygens (including phenoxy) is 2. The molecule has 1 heterocycles. The van der Waals surface area contributed by atoms with E-state index < -0.39 is 0 Å². The summed E-state index contributed by atoms with van der Waals surface area (Å²) in [6.07, 6.45) is 0. The summed E-state index contributed by atoms with van der Waals surface area (Å²) in [6, 6.07) is 14.7. The lowest BCUT2D eigenvalue weighted by molar-refractivity contribution is -0.118. The minimum atomic E-state index is -0.270. The largest absolute Gasteiger partial charge is 0.497 e. The van der Waals surface area contributed by atoms with Crippen molar-refractivity contribution in [3.8, 4) is 11.5 Å². The lowest BCUT2D eigenvalue weighted by Gasteiger charge is -2.06. The highest BCUT2D eigenvalue weighted by molar-refractivity contribution is 7.99. The molecule has 31 heavy (non-hydrogen) atoms. The maximum absolute atomic E-state index is 12.1. The zero-order chi connectivity index (χ0) is 22.1. The van der Waals surface area contributed by atoms with Crippen LogP contribution in [0.3, 0.4) is 0 Å². The number of carbonyl (C=O) groups excluding carboxylic acids is 2. The molecule has 9 heteroatoms. The van der Waals surface area contributed by atoms with Crippen molar-refractivity contribution < 1.29 is 19.1 Å². The van der Waals surface area contributed by atoms with E-state index in [0.717, 1.165) is 22.7 Å². The topological polar surface area (TPSA) is 89.6 Å². The van der Waals surface area contributed by atoms with Crippen molar-refractivity contribution in [2.24, 2.45) is 0 Å². The molecule has 0 aliphatic rings. The highest BCUT2D eigenvalue weighted by atomic mass is 32.2. The van der Waals surface area contributed by atoms with Crippen LogP contribution in [-0.2, 0) is 15.3 Å². The quantitative estimate of drug-likeness (QED) is 0.471. The third-order valence-corrected chi connectivity index (χ3v) is 5.79. The summed E-state index contributed by atoms with van der Waals surface area (Å²) in [5.41, 5.74) is 2.60. The van der Waals surface area contributed by atoms with Crippen molar-refractivity contribution >= 4 is 45.7 Å². The molecule has 0 saturated heterocycles. The number of methoxy groups -OCH3 is 1. The number of nitrogens with one attached hydrogen (secondary N) is 2. The van der Waals surface area contributed by atoms with Crippen molar-refractivity contribution in [2.75, 3.05) is 30.1 Å². The van der Waals surface area contributed by atoms with Crippen LogP contribution >= 0.6 is 23.1 Å². The second-order valence-electron chi connectivity index (χ2n) is 6.57. The third-order valence-electron chi connectivity index (χ3n) is 4.01. The Labute approximate surface area is 189 Å². The van der Waals surface area contributed by atoms with Crippen molar-refractivity contribution in [3.05, 3.63) is 65.2 Å². The molecule has 0 spiro atoms. The lowest BCUT2D eigenvalue weighted by Crippen LogP contribution is -2.20. The standard InChI is InChI=1S/C22H23N3O4S2/c1-15-4-3-5-19(10-15)29-11-20(26)25-22-24-17(13-31-22)12-30-14-21(27)23-16-6-8-18(28-2)9-7-16/h3-10,13H,11-12,14H2,1-2H3,(H,23,27)(H,24,25,26). The van der Waals surface area contributed by atoms with Crippen molar-refractivity contribution in [2.45, 2.75) is 12.7 Å². The van der Waals surface area contributed by atoms with E-state index in [2.05, 4.69) is 15.6 Å². The number of hydrogen-bond acceptors (Lipinski definition) is 7. The Kier molecular flexibility index (Phi) is 8.31. The molecule has 0 unspecified atom stereocenters. The van der Waals surface area contributed by atoms with Crippen LogP contribution < -0.4 is 20.1 Å². The fraction of sp³-hybridized carbons (Fsp3) is 0.227. The molecule has 3 aromatic rings. The molecular formula is C22H23N3O4S2. The number of aryl methyl sites for hydroxylation is 1. The predicted octanol–water partition coefficient (Wildman–Crippen LogP) is 4.35. The predicted molar refractivity (Wildman–Crippen MR) is 125 cm³/mol. The van der Waals surface area contributed by atoms with Gasteiger partial charge in [0.1, 0.15) is 11.5 Å². The molecule has 0 radical (unpaired) electrons. The van der Waals surface area contributed by atoms with Crippen LogP contribution in [0.1, 0.15) is 11.3 Å². The summed E-state index contributed by atoms with van der Waals surface area (Å²) in [6.45, 7) is 1.88. The maximum atomic E-state index is 12.1. The van der Waals surface area contributed by atoms with Crippen LogP contribution in [0.15, 0.2) is 53.9 Å². The number of thiazole rings is 1. The zero-order valence-electron chi connectivity index (χ0n) is 17.2. The van der Waals surface area contributed by atoms with E-state index >= 15 is 0 Å². The van der Waals surface area contributed by atoms with E-state index in [4.69, 9.17) is 9.47 Å². The maximum Gasteiger partial charge on any atom is 0.264 e. The Morgan fingerprint density at radius 3 is 2.61 bits per heavy atom. The van der Waals surface area contributed by atoms with Gasteiger partial charge in [-0.3, -0.25) is 14.9 Å². The first-order valence-corrected chi connectivity index (χ1v) is 11.5. The number of amides is 2. The van der Waals surface area contributed by atoms with Crippen LogP contribution in [-0.4, -0.2) is 36.3 Å². The normalized spacial score (nSPS) is 10.4. The summed E-state index contributed by atoms with van der Waals surface area (Å²) in [5, 5.41) is 7.95. The number of hydrogen-bond donors (Lipinski definition) is 2. The number of nitrogens with zero attached hydrogens (tertiary/aromatic N) is 1. The fourth-order valence-electron chi connectivity index (χ4n) is 2.56. The molecule has 0 atom stereocenters. The van der Waals surface area contributed by atoms with Gasteiger partial charge in [-0.15, -0.1) is 23.1 Å². The van der Waals surface area contributed by atoms with Gasteiger partial charge in [-0.05, 0) is 48.9 Å². The van der Waals surface area contributed by atoms with Crippen molar-refractivity contribution in [3.63, 3.8) is 0 Å². The van der Waals surface area contributed by atoms with E-state index in [1.165, 1.54) is 23.1 Å². The Bertz CT molecular complexity index is 1020. The van der Waals surface area contributed by atoms with Gasteiger partial charge in [0.2, 0.25) is 5.91 Å². The number of anilines is 2.